The maximum Gasteiger partial charge on any atom is 0.227 e. The molecule has 33 heavy (non-hydrogen) atoms. The molecule has 3 heterocycles. The van der Waals surface area contributed by atoms with E-state index in [0.29, 0.717) is 31.1 Å². The summed E-state index contributed by atoms with van der Waals surface area (Å²) in [5.41, 5.74) is -0.567. The maximum atomic E-state index is 12.4. The Morgan fingerprint density at radius 3 is 2.61 bits per heavy atom. The van der Waals surface area contributed by atoms with Gasteiger partial charge in [0.05, 0.1) is 0 Å². The van der Waals surface area contributed by atoms with Gasteiger partial charge < -0.3 is 19.7 Å². The summed E-state index contributed by atoms with van der Waals surface area (Å²) >= 11 is 0. The van der Waals surface area contributed by atoms with Gasteiger partial charge in [0, 0.05) is 45.7 Å². The third-order valence-electron chi connectivity index (χ3n) is 6.69. The second-order valence-corrected chi connectivity index (χ2v) is 9.28. The minimum absolute atomic E-state index is 0.0589. The first kappa shape index (κ1) is 23.4. The molecule has 0 aromatic carbocycles. The van der Waals surface area contributed by atoms with Crippen molar-refractivity contribution in [2.24, 2.45) is 0 Å². The van der Waals surface area contributed by atoms with Gasteiger partial charge in [-0.25, -0.2) is 0 Å². The number of nitrogens with one attached hydrogen (secondary N) is 2. The van der Waals surface area contributed by atoms with Crippen molar-refractivity contribution < 1.29 is 14.1 Å². The van der Waals surface area contributed by atoms with E-state index < -0.39 is 5.54 Å². The van der Waals surface area contributed by atoms with Crippen molar-refractivity contribution in [3.63, 3.8) is 0 Å². The van der Waals surface area contributed by atoms with Gasteiger partial charge in [-0.3, -0.25) is 9.59 Å². The van der Waals surface area contributed by atoms with Crippen LogP contribution >= 0.6 is 0 Å². The zero-order chi connectivity index (χ0) is 23.1. The molecule has 1 fully saturated rings. The first-order chi connectivity index (χ1) is 16.1. The number of carbonyl (C=O) groups is 2. The van der Waals surface area contributed by atoms with E-state index in [0.717, 1.165) is 76.0 Å². The molecule has 0 spiro atoms. The summed E-state index contributed by atoms with van der Waals surface area (Å²) in [4.78, 5) is 28.8. The summed E-state index contributed by atoms with van der Waals surface area (Å²) in [6, 6.07) is 0. The van der Waals surface area contributed by atoms with E-state index in [4.69, 9.17) is 4.52 Å². The molecule has 0 atom stereocenters. The number of hydrogen-bond acceptors (Lipinski definition) is 7. The van der Waals surface area contributed by atoms with Crippen molar-refractivity contribution in [1.29, 1.82) is 0 Å². The van der Waals surface area contributed by atoms with Crippen molar-refractivity contribution in [3.05, 3.63) is 23.4 Å². The highest BCUT2D eigenvalue weighted by Crippen LogP contribution is 2.34. The fourth-order valence-electron chi connectivity index (χ4n) is 4.98. The Bertz CT molecular complexity index is 944. The molecule has 0 bridgehead atoms. The molecule has 2 aliphatic rings. The van der Waals surface area contributed by atoms with Crippen LogP contribution in [0.4, 0.5) is 0 Å². The maximum absolute atomic E-state index is 12.4. The van der Waals surface area contributed by atoms with Crippen LogP contribution in [0.3, 0.4) is 0 Å². The van der Waals surface area contributed by atoms with Gasteiger partial charge in [-0.1, -0.05) is 37.3 Å². The normalized spacial score (nSPS) is 18.1. The molecule has 0 unspecified atom stereocenters. The Morgan fingerprint density at radius 1 is 1.03 bits per heavy atom. The van der Waals surface area contributed by atoms with Gasteiger partial charge in [0.1, 0.15) is 17.2 Å². The summed E-state index contributed by atoms with van der Waals surface area (Å²) in [5, 5.41) is 18.8. The monoisotopic (exact) mass is 457 g/mol. The highest BCUT2D eigenvalue weighted by atomic mass is 16.5. The third kappa shape index (κ3) is 5.97. The number of amides is 2. The first-order valence-corrected chi connectivity index (χ1v) is 12.4. The van der Waals surface area contributed by atoms with Crippen molar-refractivity contribution in [3.8, 4) is 0 Å². The summed E-state index contributed by atoms with van der Waals surface area (Å²) < 4.78 is 7.65. The van der Waals surface area contributed by atoms with Crippen LogP contribution in [0.15, 0.2) is 4.52 Å². The van der Waals surface area contributed by atoms with Crippen molar-refractivity contribution in [2.75, 3.05) is 6.54 Å². The molecule has 10 nitrogen and oxygen atoms in total. The van der Waals surface area contributed by atoms with E-state index in [2.05, 4.69) is 35.5 Å². The van der Waals surface area contributed by atoms with Gasteiger partial charge in [-0.15, -0.1) is 10.2 Å². The van der Waals surface area contributed by atoms with Crippen LogP contribution in [0.5, 0.6) is 0 Å². The Kier molecular flexibility index (Phi) is 7.72. The summed E-state index contributed by atoms with van der Waals surface area (Å²) in [6.45, 7) is 3.01. The Morgan fingerprint density at radius 2 is 1.82 bits per heavy atom. The molecular weight excluding hydrogens is 422 g/mol. The molecule has 1 aliphatic heterocycles. The molecule has 0 radical (unpaired) electrons. The molecule has 0 saturated heterocycles. The molecular formula is C23H35N7O3. The van der Waals surface area contributed by atoms with Gasteiger partial charge in [0.2, 0.25) is 17.7 Å². The lowest BCUT2D eigenvalue weighted by Gasteiger charge is -2.30. The summed E-state index contributed by atoms with van der Waals surface area (Å²) in [7, 11) is 0. The molecule has 1 saturated carbocycles. The number of nitrogens with zero attached hydrogens (tertiary/aromatic N) is 5. The zero-order valence-corrected chi connectivity index (χ0v) is 19.6. The number of aromatic nitrogens is 5. The molecule has 10 heteroatoms. The molecule has 4 rings (SSSR count). The SMILES string of the molecule is CC(=O)NC1(c2noc(CCC(=O)NCCc3nnc4n3CCCCC4)n2)CCCCCC1. The van der Waals surface area contributed by atoms with Crippen LogP contribution in [0.2, 0.25) is 0 Å². The molecule has 180 valence electrons. The Labute approximate surface area is 194 Å². The second-order valence-electron chi connectivity index (χ2n) is 9.28. The Hall–Kier alpha value is -2.78. The lowest BCUT2D eigenvalue weighted by atomic mass is 9.89. The van der Waals surface area contributed by atoms with Crippen molar-refractivity contribution in [1.82, 2.24) is 35.5 Å². The summed E-state index contributed by atoms with van der Waals surface area (Å²) in [6.07, 6.45) is 11.8. The van der Waals surface area contributed by atoms with Gasteiger partial charge >= 0.3 is 0 Å². The fraction of sp³-hybridized carbons (Fsp3) is 0.739. The largest absolute Gasteiger partial charge is 0.356 e. The number of aryl methyl sites for hydroxylation is 2. The van der Waals surface area contributed by atoms with Gasteiger partial charge in [-0.05, 0) is 25.7 Å². The number of fused-ring (bicyclic) bond motifs is 1. The van der Waals surface area contributed by atoms with Crippen LogP contribution in [0, 0.1) is 0 Å². The molecule has 2 amide bonds. The quantitative estimate of drug-likeness (QED) is 0.582. The van der Waals surface area contributed by atoms with Crippen LogP contribution in [0.25, 0.3) is 0 Å². The lowest BCUT2D eigenvalue weighted by molar-refractivity contribution is -0.122. The highest BCUT2D eigenvalue weighted by molar-refractivity contribution is 5.76. The number of hydrogen-bond donors (Lipinski definition) is 2. The van der Waals surface area contributed by atoms with Gasteiger partial charge in [0.15, 0.2) is 5.82 Å². The topological polar surface area (TPSA) is 128 Å². The van der Waals surface area contributed by atoms with Crippen LogP contribution in [0.1, 0.15) is 94.5 Å². The fourth-order valence-corrected chi connectivity index (χ4v) is 4.98. The zero-order valence-electron chi connectivity index (χ0n) is 19.6. The van der Waals surface area contributed by atoms with Gasteiger partial charge in [-0.2, -0.15) is 4.98 Å². The molecule has 2 aromatic rings. The second kappa shape index (κ2) is 10.9. The number of rotatable bonds is 8. The molecule has 1 aliphatic carbocycles. The minimum Gasteiger partial charge on any atom is -0.356 e. The Balaban J connectivity index is 1.27. The number of carbonyl (C=O) groups excluding carboxylic acids is 2. The standard InChI is InChI=1S/C23H35N7O3/c1-17(31)26-23(13-6-2-3-7-14-23)22-25-21(33-29-22)11-10-20(32)24-15-12-19-28-27-18-9-5-4-8-16-30(18)19/h2-16H2,1H3,(H,24,32)(H,26,31). The molecule has 2 aromatic heterocycles. The van der Waals surface area contributed by atoms with Gasteiger partial charge in [0.25, 0.3) is 0 Å². The average Bonchev–Trinajstić information content (AvgIpc) is 3.25. The minimum atomic E-state index is -0.567. The van der Waals surface area contributed by atoms with Crippen molar-refractivity contribution >= 4 is 11.8 Å². The van der Waals surface area contributed by atoms with Crippen molar-refractivity contribution in [2.45, 2.75) is 102 Å². The third-order valence-corrected chi connectivity index (χ3v) is 6.69. The van der Waals surface area contributed by atoms with Crippen LogP contribution in [-0.4, -0.2) is 43.3 Å². The van der Waals surface area contributed by atoms with E-state index in [1.807, 2.05) is 0 Å². The first-order valence-electron chi connectivity index (χ1n) is 12.4. The summed E-state index contributed by atoms with van der Waals surface area (Å²) in [5.74, 6) is 2.81. The van der Waals surface area contributed by atoms with Crippen LogP contribution < -0.4 is 10.6 Å². The van der Waals surface area contributed by atoms with E-state index >= 15 is 0 Å². The predicted octanol–water partition coefficient (Wildman–Crippen LogP) is 2.36. The van der Waals surface area contributed by atoms with E-state index in [1.54, 1.807) is 0 Å². The van der Waals surface area contributed by atoms with E-state index in [1.165, 1.54) is 13.3 Å². The molecule has 2 N–H and O–H groups in total. The smallest absolute Gasteiger partial charge is 0.227 e. The van der Waals surface area contributed by atoms with E-state index in [-0.39, 0.29) is 18.2 Å². The average molecular weight is 458 g/mol. The van der Waals surface area contributed by atoms with E-state index in [9.17, 15) is 9.59 Å². The highest BCUT2D eigenvalue weighted by Gasteiger charge is 2.38. The van der Waals surface area contributed by atoms with Crippen LogP contribution in [-0.2, 0) is 40.9 Å². The lowest BCUT2D eigenvalue weighted by Crippen LogP contribution is -2.45. The predicted molar refractivity (Wildman–Crippen MR) is 120 cm³/mol.